The maximum atomic E-state index is 13.1. The molecule has 2 aromatic heterocycles. The van der Waals surface area contributed by atoms with Crippen LogP contribution in [0.25, 0.3) is 11.4 Å². The van der Waals surface area contributed by atoms with Crippen LogP contribution in [0.2, 0.25) is 0 Å². The summed E-state index contributed by atoms with van der Waals surface area (Å²) in [4.78, 5) is 41.1. The average Bonchev–Trinajstić information content (AvgIpc) is 3.25. The Morgan fingerprint density at radius 3 is 2.65 bits per heavy atom. The lowest BCUT2D eigenvalue weighted by atomic mass is 10.1. The number of rotatable bonds is 6. The standard InChI is InChI=1S/C22H23N5O3S/c1-15-19(31-14-25-15)21(28)23-8-7-18-17(22(29)27-9-11-30-12-10-27)13-24-20(26-18)16-5-3-2-4-6-16/h2-6,13-14H,7-12H2,1H3,(H,23,28). The van der Waals surface area contributed by atoms with Crippen LogP contribution in [0.3, 0.4) is 0 Å². The van der Waals surface area contributed by atoms with Crippen molar-refractivity contribution in [2.75, 3.05) is 32.8 Å². The van der Waals surface area contributed by atoms with E-state index in [9.17, 15) is 9.59 Å². The van der Waals surface area contributed by atoms with Crippen molar-refractivity contribution in [1.82, 2.24) is 25.2 Å². The SMILES string of the molecule is Cc1ncsc1C(=O)NCCc1nc(-c2ccccc2)ncc1C(=O)N1CCOCC1. The molecule has 3 heterocycles. The van der Waals surface area contributed by atoms with Crippen LogP contribution in [0.5, 0.6) is 0 Å². The van der Waals surface area contributed by atoms with Crippen molar-refractivity contribution in [3.8, 4) is 11.4 Å². The van der Waals surface area contributed by atoms with Gasteiger partial charge in [0.05, 0.1) is 35.7 Å². The van der Waals surface area contributed by atoms with Crippen molar-refractivity contribution in [3.63, 3.8) is 0 Å². The zero-order valence-electron chi connectivity index (χ0n) is 17.2. The Hall–Kier alpha value is -3.17. The van der Waals surface area contributed by atoms with Crippen LogP contribution in [0, 0.1) is 6.92 Å². The van der Waals surface area contributed by atoms with Crippen molar-refractivity contribution < 1.29 is 14.3 Å². The number of morpholine rings is 1. The molecule has 9 heteroatoms. The van der Waals surface area contributed by atoms with E-state index in [-0.39, 0.29) is 11.8 Å². The van der Waals surface area contributed by atoms with Crippen LogP contribution in [0.1, 0.15) is 31.4 Å². The fourth-order valence-electron chi connectivity index (χ4n) is 3.34. The molecule has 1 aliphatic rings. The molecule has 1 aromatic carbocycles. The van der Waals surface area contributed by atoms with Gasteiger partial charge in [-0.25, -0.2) is 15.0 Å². The van der Waals surface area contributed by atoms with Gasteiger partial charge in [-0.2, -0.15) is 0 Å². The summed E-state index contributed by atoms with van der Waals surface area (Å²) in [6.45, 7) is 4.29. The van der Waals surface area contributed by atoms with E-state index in [0.717, 1.165) is 5.56 Å². The lowest BCUT2D eigenvalue weighted by Gasteiger charge is -2.27. The van der Waals surface area contributed by atoms with Gasteiger partial charge in [-0.3, -0.25) is 9.59 Å². The maximum Gasteiger partial charge on any atom is 0.263 e. The van der Waals surface area contributed by atoms with Gasteiger partial charge in [0, 0.05) is 37.8 Å². The van der Waals surface area contributed by atoms with E-state index in [4.69, 9.17) is 4.74 Å². The fraction of sp³-hybridized carbons (Fsp3) is 0.318. The lowest BCUT2D eigenvalue weighted by molar-refractivity contribution is 0.0301. The largest absolute Gasteiger partial charge is 0.378 e. The summed E-state index contributed by atoms with van der Waals surface area (Å²) in [6, 6.07) is 9.62. The molecule has 1 N–H and O–H groups in total. The second-order valence-corrected chi connectivity index (χ2v) is 7.95. The summed E-state index contributed by atoms with van der Waals surface area (Å²) < 4.78 is 5.35. The molecule has 8 nitrogen and oxygen atoms in total. The summed E-state index contributed by atoms with van der Waals surface area (Å²) in [5.41, 5.74) is 4.31. The third-order valence-electron chi connectivity index (χ3n) is 5.03. The Morgan fingerprint density at radius 1 is 1.16 bits per heavy atom. The number of aromatic nitrogens is 3. The molecule has 1 saturated heterocycles. The highest BCUT2D eigenvalue weighted by Gasteiger charge is 2.23. The zero-order chi connectivity index (χ0) is 21.6. The summed E-state index contributed by atoms with van der Waals surface area (Å²) >= 11 is 1.31. The molecular weight excluding hydrogens is 414 g/mol. The molecule has 4 rings (SSSR count). The molecule has 1 aliphatic heterocycles. The lowest BCUT2D eigenvalue weighted by Crippen LogP contribution is -2.41. The van der Waals surface area contributed by atoms with Gasteiger partial charge >= 0.3 is 0 Å². The van der Waals surface area contributed by atoms with Gasteiger partial charge in [-0.15, -0.1) is 11.3 Å². The van der Waals surface area contributed by atoms with Gasteiger partial charge in [-0.05, 0) is 6.92 Å². The van der Waals surface area contributed by atoms with E-state index < -0.39 is 0 Å². The summed E-state index contributed by atoms with van der Waals surface area (Å²) in [5, 5.41) is 2.91. The highest BCUT2D eigenvalue weighted by Crippen LogP contribution is 2.18. The Balaban J connectivity index is 1.55. The predicted octanol–water partition coefficient (Wildman–Crippen LogP) is 2.35. The Bertz CT molecular complexity index is 1060. The third-order valence-corrected chi connectivity index (χ3v) is 5.95. The van der Waals surface area contributed by atoms with Crippen LogP contribution in [0.4, 0.5) is 0 Å². The van der Waals surface area contributed by atoms with Crippen molar-refractivity contribution >= 4 is 23.2 Å². The number of thiazole rings is 1. The van der Waals surface area contributed by atoms with E-state index in [1.807, 2.05) is 30.3 Å². The van der Waals surface area contributed by atoms with E-state index >= 15 is 0 Å². The maximum absolute atomic E-state index is 13.1. The van der Waals surface area contributed by atoms with Gasteiger partial charge in [0.2, 0.25) is 0 Å². The monoisotopic (exact) mass is 437 g/mol. The number of carbonyl (C=O) groups is 2. The van der Waals surface area contributed by atoms with E-state index in [2.05, 4.69) is 20.3 Å². The molecule has 31 heavy (non-hydrogen) atoms. The number of aryl methyl sites for hydroxylation is 1. The van der Waals surface area contributed by atoms with Gasteiger partial charge < -0.3 is 15.0 Å². The molecule has 0 atom stereocenters. The Morgan fingerprint density at radius 2 is 1.94 bits per heavy atom. The summed E-state index contributed by atoms with van der Waals surface area (Å²) in [6.07, 6.45) is 2.01. The zero-order valence-corrected chi connectivity index (χ0v) is 18.0. The second-order valence-electron chi connectivity index (χ2n) is 7.10. The number of hydrogen-bond acceptors (Lipinski definition) is 7. The minimum atomic E-state index is -0.168. The molecule has 0 bridgehead atoms. The van der Waals surface area contributed by atoms with Crippen molar-refractivity contribution in [2.45, 2.75) is 13.3 Å². The number of benzene rings is 1. The summed E-state index contributed by atoms with van der Waals surface area (Å²) in [7, 11) is 0. The van der Waals surface area contributed by atoms with Crippen LogP contribution in [0.15, 0.2) is 42.0 Å². The number of ether oxygens (including phenoxy) is 1. The third kappa shape index (κ3) is 4.95. The smallest absolute Gasteiger partial charge is 0.263 e. The molecule has 160 valence electrons. The first-order valence-electron chi connectivity index (χ1n) is 10.1. The minimum absolute atomic E-state index is 0.109. The molecule has 0 radical (unpaired) electrons. The highest BCUT2D eigenvalue weighted by atomic mass is 32.1. The number of nitrogens with one attached hydrogen (secondary N) is 1. The van der Waals surface area contributed by atoms with Crippen LogP contribution in [-0.2, 0) is 11.2 Å². The normalized spacial score (nSPS) is 13.8. The van der Waals surface area contributed by atoms with Gasteiger partial charge in [0.25, 0.3) is 11.8 Å². The van der Waals surface area contributed by atoms with E-state index in [1.54, 1.807) is 23.5 Å². The van der Waals surface area contributed by atoms with Crippen molar-refractivity contribution in [2.24, 2.45) is 0 Å². The van der Waals surface area contributed by atoms with Crippen LogP contribution >= 0.6 is 11.3 Å². The minimum Gasteiger partial charge on any atom is -0.378 e. The molecule has 0 spiro atoms. The molecule has 1 fully saturated rings. The molecule has 2 amide bonds. The fourth-order valence-corrected chi connectivity index (χ4v) is 4.06. The van der Waals surface area contributed by atoms with Crippen LogP contribution in [-0.4, -0.2) is 64.5 Å². The average molecular weight is 438 g/mol. The number of amides is 2. The van der Waals surface area contributed by atoms with E-state index in [1.165, 1.54) is 11.3 Å². The topological polar surface area (TPSA) is 97.3 Å². The molecule has 0 aliphatic carbocycles. The quantitative estimate of drug-likeness (QED) is 0.636. The van der Waals surface area contributed by atoms with Crippen molar-refractivity contribution in [1.29, 1.82) is 0 Å². The molecular formula is C22H23N5O3S. The van der Waals surface area contributed by atoms with Gasteiger partial charge in [0.15, 0.2) is 5.82 Å². The van der Waals surface area contributed by atoms with Crippen LogP contribution < -0.4 is 5.32 Å². The Kier molecular flexibility index (Phi) is 6.63. The second kappa shape index (κ2) is 9.76. The first-order valence-corrected chi connectivity index (χ1v) is 11.0. The Labute approximate surface area is 184 Å². The van der Waals surface area contributed by atoms with Crippen molar-refractivity contribution in [3.05, 3.63) is 63.9 Å². The number of nitrogens with zero attached hydrogens (tertiary/aromatic N) is 4. The summed E-state index contributed by atoms with van der Waals surface area (Å²) in [5.74, 6) is 0.277. The number of hydrogen-bond donors (Lipinski definition) is 1. The highest BCUT2D eigenvalue weighted by molar-refractivity contribution is 7.11. The molecule has 3 aromatic rings. The first kappa shape index (κ1) is 21.1. The first-order chi connectivity index (χ1) is 15.1. The number of carbonyl (C=O) groups excluding carboxylic acids is 2. The van der Waals surface area contributed by atoms with E-state index in [0.29, 0.717) is 66.9 Å². The van der Waals surface area contributed by atoms with Gasteiger partial charge in [-0.1, -0.05) is 30.3 Å². The molecule has 0 unspecified atom stereocenters. The predicted molar refractivity (Wildman–Crippen MR) is 117 cm³/mol. The molecule has 0 saturated carbocycles. The van der Waals surface area contributed by atoms with Gasteiger partial charge in [0.1, 0.15) is 4.88 Å².